The Bertz CT molecular complexity index is 708. The lowest BCUT2D eigenvalue weighted by Gasteiger charge is -2.14. The van der Waals surface area contributed by atoms with E-state index < -0.39 is 30.8 Å². The van der Waals surface area contributed by atoms with Gasteiger partial charge in [-0.15, -0.1) is 0 Å². The number of aromatic amines is 1. The largest absolute Gasteiger partial charge is 0.435 e. The van der Waals surface area contributed by atoms with Crippen molar-refractivity contribution < 1.29 is 31.8 Å². The molecular formula is C13H12F4N4O3. The van der Waals surface area contributed by atoms with Crippen LogP contribution in [0.25, 0.3) is 0 Å². The molecule has 3 N–H and O–H groups in total. The normalized spacial score (nSPS) is 10.8. The molecule has 0 saturated heterocycles. The molecule has 2 aromatic rings. The van der Waals surface area contributed by atoms with Gasteiger partial charge in [-0.1, -0.05) is 0 Å². The number of aryl methyl sites for hydroxylation is 1. The molecule has 0 aliphatic heterocycles. The highest BCUT2D eigenvalue weighted by molar-refractivity contribution is 6.00. The Kier molecular flexibility index (Phi) is 5.45. The average Bonchev–Trinajstić information content (AvgIpc) is 2.86. The molecule has 0 atom stereocenters. The summed E-state index contributed by atoms with van der Waals surface area (Å²) < 4.78 is 57.5. The quantitative estimate of drug-likeness (QED) is 0.697. The number of nitrogens with one attached hydrogen (secondary N) is 3. The third kappa shape index (κ3) is 4.76. The summed E-state index contributed by atoms with van der Waals surface area (Å²) in [6.07, 6.45) is 1.35. The van der Waals surface area contributed by atoms with Gasteiger partial charge in [0, 0.05) is 6.07 Å². The predicted molar refractivity (Wildman–Crippen MR) is 75.7 cm³/mol. The first kappa shape index (κ1) is 17.4. The van der Waals surface area contributed by atoms with Gasteiger partial charge >= 0.3 is 19.3 Å². The maximum atomic E-state index is 12.4. The van der Waals surface area contributed by atoms with E-state index >= 15 is 0 Å². The minimum atomic E-state index is -3.22. The van der Waals surface area contributed by atoms with Crippen LogP contribution < -0.4 is 20.1 Å². The van der Waals surface area contributed by atoms with Gasteiger partial charge in [-0.05, 0) is 19.1 Å². The molecule has 11 heteroatoms. The fourth-order valence-corrected chi connectivity index (χ4v) is 1.73. The summed E-state index contributed by atoms with van der Waals surface area (Å²) in [6.45, 7) is -4.69. The maximum Gasteiger partial charge on any atom is 0.387 e. The zero-order valence-corrected chi connectivity index (χ0v) is 12.1. The van der Waals surface area contributed by atoms with Gasteiger partial charge in [0.25, 0.3) is 0 Å². The number of aromatic nitrogens is 2. The first-order valence-electron chi connectivity index (χ1n) is 6.47. The summed E-state index contributed by atoms with van der Waals surface area (Å²) in [4.78, 5) is 11.9. The Balaban J connectivity index is 2.15. The number of H-pyrrole nitrogens is 1. The van der Waals surface area contributed by atoms with E-state index in [4.69, 9.17) is 0 Å². The van der Waals surface area contributed by atoms with Crippen LogP contribution in [0.15, 0.2) is 24.4 Å². The van der Waals surface area contributed by atoms with Crippen molar-refractivity contribution in [3.63, 3.8) is 0 Å². The first-order valence-corrected chi connectivity index (χ1v) is 6.47. The number of benzene rings is 1. The van der Waals surface area contributed by atoms with E-state index in [9.17, 15) is 22.4 Å². The summed E-state index contributed by atoms with van der Waals surface area (Å²) in [5, 5.41) is 11.0. The molecule has 0 bridgehead atoms. The highest BCUT2D eigenvalue weighted by Crippen LogP contribution is 2.31. The Morgan fingerprint density at radius 3 is 2.38 bits per heavy atom. The van der Waals surface area contributed by atoms with Gasteiger partial charge < -0.3 is 20.1 Å². The van der Waals surface area contributed by atoms with Gasteiger partial charge in [0.2, 0.25) is 0 Å². The van der Waals surface area contributed by atoms with E-state index in [1.165, 1.54) is 6.20 Å². The molecule has 2 amide bonds. The van der Waals surface area contributed by atoms with Crippen molar-refractivity contribution in [2.45, 2.75) is 20.1 Å². The monoisotopic (exact) mass is 348 g/mol. The van der Waals surface area contributed by atoms with Crippen LogP contribution in [0.3, 0.4) is 0 Å². The van der Waals surface area contributed by atoms with Crippen molar-refractivity contribution in [2.75, 3.05) is 10.6 Å². The van der Waals surface area contributed by atoms with Crippen LogP contribution in [-0.4, -0.2) is 29.5 Å². The number of rotatable bonds is 6. The van der Waals surface area contributed by atoms with Gasteiger partial charge in [-0.25, -0.2) is 4.79 Å². The van der Waals surface area contributed by atoms with Gasteiger partial charge in [0.05, 0.1) is 23.3 Å². The third-order valence-electron chi connectivity index (χ3n) is 2.72. The molecule has 1 heterocycles. The lowest BCUT2D eigenvalue weighted by Crippen LogP contribution is -2.20. The number of amides is 2. The molecule has 130 valence electrons. The minimum Gasteiger partial charge on any atom is -0.435 e. The molecule has 0 aliphatic carbocycles. The number of nitrogens with zero attached hydrogens (tertiary/aromatic N) is 1. The number of alkyl halides is 4. The standard InChI is InChI=1S/C13H12F4N4O3/c1-6-9(5-18-21-6)20-13(22)19-8-3-2-7(23-11(14)15)4-10(8)24-12(16)17/h2-5,11-12H,1H3,(H,18,21)(H2,19,20,22). The first-order chi connectivity index (χ1) is 11.3. The minimum absolute atomic E-state index is 0.157. The Hall–Kier alpha value is -2.98. The Labute approximate surface area is 132 Å². The van der Waals surface area contributed by atoms with Gasteiger partial charge in [-0.3, -0.25) is 5.10 Å². The van der Waals surface area contributed by atoms with Crippen LogP contribution in [0.4, 0.5) is 33.7 Å². The van der Waals surface area contributed by atoms with E-state index in [0.29, 0.717) is 11.4 Å². The number of ether oxygens (including phenoxy) is 2. The van der Waals surface area contributed by atoms with Crippen molar-refractivity contribution in [1.82, 2.24) is 10.2 Å². The topological polar surface area (TPSA) is 88.3 Å². The number of hydrogen-bond donors (Lipinski definition) is 3. The van der Waals surface area contributed by atoms with E-state index in [-0.39, 0.29) is 5.69 Å². The molecule has 0 fully saturated rings. The Morgan fingerprint density at radius 1 is 1.12 bits per heavy atom. The van der Waals surface area contributed by atoms with Crippen molar-refractivity contribution in [2.24, 2.45) is 0 Å². The van der Waals surface area contributed by atoms with Crippen LogP contribution in [0, 0.1) is 6.92 Å². The van der Waals surface area contributed by atoms with Crippen LogP contribution in [0.2, 0.25) is 0 Å². The van der Waals surface area contributed by atoms with Crippen molar-refractivity contribution in [3.05, 3.63) is 30.1 Å². The van der Waals surface area contributed by atoms with E-state index in [1.54, 1.807) is 6.92 Å². The van der Waals surface area contributed by atoms with E-state index in [2.05, 4.69) is 30.3 Å². The average molecular weight is 348 g/mol. The molecule has 0 spiro atoms. The third-order valence-corrected chi connectivity index (χ3v) is 2.72. The lowest BCUT2D eigenvalue weighted by molar-refractivity contribution is -0.0539. The maximum absolute atomic E-state index is 12.4. The summed E-state index contributed by atoms with van der Waals surface area (Å²) in [5.74, 6) is -0.917. The predicted octanol–water partition coefficient (Wildman–Crippen LogP) is 3.56. The van der Waals surface area contributed by atoms with Crippen molar-refractivity contribution in [3.8, 4) is 11.5 Å². The second-order valence-corrected chi connectivity index (χ2v) is 4.40. The van der Waals surface area contributed by atoms with Crippen molar-refractivity contribution >= 4 is 17.4 Å². The fourth-order valence-electron chi connectivity index (χ4n) is 1.73. The fraction of sp³-hybridized carbons (Fsp3) is 0.231. The van der Waals surface area contributed by atoms with E-state index in [1.807, 2.05) is 0 Å². The number of halogens is 4. The van der Waals surface area contributed by atoms with Crippen LogP contribution in [-0.2, 0) is 0 Å². The number of anilines is 2. The Morgan fingerprint density at radius 2 is 1.79 bits per heavy atom. The summed E-state index contributed by atoms with van der Waals surface area (Å²) in [6, 6.07) is 2.22. The molecule has 24 heavy (non-hydrogen) atoms. The molecule has 1 aromatic carbocycles. The second-order valence-electron chi connectivity index (χ2n) is 4.40. The number of carbonyl (C=O) groups excluding carboxylic acids is 1. The van der Waals surface area contributed by atoms with Crippen LogP contribution in [0.5, 0.6) is 11.5 Å². The molecule has 1 aromatic heterocycles. The molecule has 7 nitrogen and oxygen atoms in total. The number of carbonyl (C=O) groups is 1. The van der Waals surface area contributed by atoms with Gasteiger partial charge in [0.1, 0.15) is 5.75 Å². The zero-order chi connectivity index (χ0) is 17.7. The highest BCUT2D eigenvalue weighted by atomic mass is 19.3. The summed E-state index contributed by atoms with van der Waals surface area (Å²) in [5.41, 5.74) is 0.798. The smallest absolute Gasteiger partial charge is 0.387 e. The number of urea groups is 1. The van der Waals surface area contributed by atoms with Gasteiger partial charge in [0.15, 0.2) is 5.75 Å². The zero-order valence-electron chi connectivity index (χ0n) is 12.1. The lowest BCUT2D eigenvalue weighted by atomic mass is 10.2. The summed E-state index contributed by atoms with van der Waals surface area (Å²) >= 11 is 0. The van der Waals surface area contributed by atoms with Gasteiger partial charge in [-0.2, -0.15) is 22.7 Å². The number of hydrogen-bond acceptors (Lipinski definition) is 4. The second kappa shape index (κ2) is 7.53. The summed E-state index contributed by atoms with van der Waals surface area (Å²) in [7, 11) is 0. The molecular weight excluding hydrogens is 336 g/mol. The van der Waals surface area contributed by atoms with Crippen LogP contribution in [0.1, 0.15) is 5.69 Å². The molecule has 2 rings (SSSR count). The van der Waals surface area contributed by atoms with E-state index in [0.717, 1.165) is 18.2 Å². The highest BCUT2D eigenvalue weighted by Gasteiger charge is 2.15. The SMILES string of the molecule is Cc1[nH]ncc1NC(=O)Nc1ccc(OC(F)F)cc1OC(F)F. The molecule has 0 radical (unpaired) electrons. The van der Waals surface area contributed by atoms with Crippen LogP contribution >= 0.6 is 0 Å². The molecule has 0 aliphatic rings. The molecule has 0 unspecified atom stereocenters. The molecule has 0 saturated carbocycles. The van der Waals surface area contributed by atoms with Crippen molar-refractivity contribution in [1.29, 1.82) is 0 Å².